The van der Waals surface area contributed by atoms with Crippen molar-refractivity contribution in [1.82, 2.24) is 4.98 Å². The maximum Gasteiger partial charge on any atom is 0.0628 e. The lowest BCUT2D eigenvalue weighted by molar-refractivity contribution is 0.506. The predicted octanol–water partition coefficient (Wildman–Crippen LogP) is 4.33. The molecule has 0 fully saturated rings. The molecule has 0 amide bonds. The molecule has 1 aromatic carbocycles. The van der Waals surface area contributed by atoms with E-state index in [0.717, 1.165) is 0 Å². The van der Waals surface area contributed by atoms with Crippen LogP contribution in [-0.2, 0) is 0 Å². The molecule has 92 valence electrons. The minimum atomic E-state index is 0.314. The molecule has 2 nitrogen and oxygen atoms in total. The van der Waals surface area contributed by atoms with Crippen molar-refractivity contribution in [3.63, 3.8) is 0 Å². The van der Waals surface area contributed by atoms with E-state index in [2.05, 4.69) is 55.2 Å². The highest BCUT2D eigenvalue weighted by atomic mass is 14.6. The van der Waals surface area contributed by atoms with E-state index in [4.69, 9.17) is 5.26 Å². The second kappa shape index (κ2) is 5.55. The van der Waals surface area contributed by atoms with Crippen molar-refractivity contribution in [2.45, 2.75) is 26.2 Å². The van der Waals surface area contributed by atoms with Gasteiger partial charge in [-0.3, -0.25) is 0 Å². The van der Waals surface area contributed by atoms with Crippen molar-refractivity contribution in [2.75, 3.05) is 0 Å². The summed E-state index contributed by atoms with van der Waals surface area (Å²) in [7, 11) is 0. The van der Waals surface area contributed by atoms with Gasteiger partial charge >= 0.3 is 0 Å². The average Bonchev–Trinajstić information content (AvgIpc) is 2.89. The van der Waals surface area contributed by atoms with Gasteiger partial charge in [0.2, 0.25) is 0 Å². The molecule has 0 aliphatic heterocycles. The van der Waals surface area contributed by atoms with Crippen LogP contribution in [-0.4, -0.2) is 4.98 Å². The number of H-pyrrole nitrogens is 1. The Morgan fingerprint density at radius 3 is 2.67 bits per heavy atom. The molecule has 0 bridgehead atoms. The summed E-state index contributed by atoms with van der Waals surface area (Å²) in [5.74, 6) is 0.792. The topological polar surface area (TPSA) is 39.6 Å². The number of hydrogen-bond acceptors (Lipinski definition) is 1. The number of aromatic nitrogens is 1. The van der Waals surface area contributed by atoms with Crippen LogP contribution in [0.5, 0.6) is 0 Å². The summed E-state index contributed by atoms with van der Waals surface area (Å²) >= 11 is 0. The number of aromatic amines is 1. The second-order valence-corrected chi connectivity index (χ2v) is 4.94. The van der Waals surface area contributed by atoms with Gasteiger partial charge in [0.15, 0.2) is 0 Å². The van der Waals surface area contributed by atoms with E-state index in [-0.39, 0.29) is 0 Å². The molecule has 18 heavy (non-hydrogen) atoms. The molecule has 0 aliphatic rings. The van der Waals surface area contributed by atoms with Gasteiger partial charge in [0, 0.05) is 18.8 Å². The Kier molecular flexibility index (Phi) is 3.84. The number of nitriles is 1. The van der Waals surface area contributed by atoms with Crippen LogP contribution < -0.4 is 0 Å². The summed E-state index contributed by atoms with van der Waals surface area (Å²) in [6.07, 6.45) is 4.50. The Hall–Kier alpha value is -2.01. The van der Waals surface area contributed by atoms with Gasteiger partial charge in [-0.1, -0.05) is 38.1 Å². The number of nitrogens with one attached hydrogen (secondary N) is 1. The molecule has 2 rings (SSSR count). The van der Waals surface area contributed by atoms with Crippen LogP contribution in [0.25, 0.3) is 11.1 Å². The van der Waals surface area contributed by atoms with Gasteiger partial charge in [-0.2, -0.15) is 5.26 Å². The Bertz CT molecular complexity index is 532. The molecule has 1 heterocycles. The Labute approximate surface area is 108 Å². The number of nitrogens with zero attached hydrogens (tertiary/aromatic N) is 1. The van der Waals surface area contributed by atoms with Crippen molar-refractivity contribution in [1.29, 1.82) is 5.26 Å². The van der Waals surface area contributed by atoms with Crippen molar-refractivity contribution >= 4 is 0 Å². The maximum atomic E-state index is 8.95. The minimum absolute atomic E-state index is 0.314. The van der Waals surface area contributed by atoms with Crippen LogP contribution >= 0.6 is 0 Å². The monoisotopic (exact) mass is 238 g/mol. The molecule has 2 heteroatoms. The lowest BCUT2D eigenvalue weighted by Crippen LogP contribution is -2.06. The zero-order valence-corrected chi connectivity index (χ0v) is 10.9. The second-order valence-electron chi connectivity index (χ2n) is 4.94. The lowest BCUT2D eigenvalue weighted by Gasteiger charge is -2.18. The van der Waals surface area contributed by atoms with Gasteiger partial charge < -0.3 is 4.98 Å². The van der Waals surface area contributed by atoms with E-state index >= 15 is 0 Å². The predicted molar refractivity (Wildman–Crippen MR) is 74.0 cm³/mol. The zero-order chi connectivity index (χ0) is 13.0. The van der Waals surface area contributed by atoms with Gasteiger partial charge in [-0.05, 0) is 34.6 Å². The van der Waals surface area contributed by atoms with E-state index in [9.17, 15) is 0 Å². The Balaban J connectivity index is 2.34. The molecule has 0 saturated carbocycles. The summed E-state index contributed by atoms with van der Waals surface area (Å²) in [5.41, 5.74) is 3.65. The molecular formula is C16H18N2. The highest BCUT2D eigenvalue weighted by molar-refractivity contribution is 5.63. The van der Waals surface area contributed by atoms with E-state index in [1.165, 1.54) is 16.7 Å². The molecule has 0 radical (unpaired) electrons. The normalized spacial score (nSPS) is 12.3. The van der Waals surface area contributed by atoms with E-state index in [0.29, 0.717) is 18.3 Å². The summed E-state index contributed by atoms with van der Waals surface area (Å²) in [4.78, 5) is 3.07. The first kappa shape index (κ1) is 12.4. The average molecular weight is 238 g/mol. The third-order valence-corrected chi connectivity index (χ3v) is 3.36. The van der Waals surface area contributed by atoms with Crippen LogP contribution in [0.4, 0.5) is 0 Å². The first-order valence-corrected chi connectivity index (χ1v) is 6.32. The van der Waals surface area contributed by atoms with Crippen LogP contribution in [0.3, 0.4) is 0 Å². The van der Waals surface area contributed by atoms with Crippen LogP contribution in [0, 0.1) is 17.2 Å². The van der Waals surface area contributed by atoms with Crippen LogP contribution in [0.2, 0.25) is 0 Å². The highest BCUT2D eigenvalue weighted by Crippen LogP contribution is 2.30. The molecule has 0 spiro atoms. The van der Waals surface area contributed by atoms with Crippen molar-refractivity contribution in [3.8, 4) is 17.2 Å². The Morgan fingerprint density at radius 2 is 2.06 bits per heavy atom. The highest BCUT2D eigenvalue weighted by Gasteiger charge is 2.15. The minimum Gasteiger partial charge on any atom is -0.367 e. The fourth-order valence-corrected chi connectivity index (χ4v) is 2.29. The van der Waals surface area contributed by atoms with Gasteiger partial charge in [0.25, 0.3) is 0 Å². The van der Waals surface area contributed by atoms with Crippen molar-refractivity contribution in [3.05, 3.63) is 48.3 Å². The number of benzene rings is 1. The van der Waals surface area contributed by atoms with Gasteiger partial charge in [-0.25, -0.2) is 0 Å². The van der Waals surface area contributed by atoms with Gasteiger partial charge in [-0.15, -0.1) is 0 Å². The number of rotatable bonds is 4. The van der Waals surface area contributed by atoms with E-state index in [1.807, 2.05) is 12.4 Å². The zero-order valence-electron chi connectivity index (χ0n) is 10.9. The van der Waals surface area contributed by atoms with E-state index < -0.39 is 0 Å². The third-order valence-electron chi connectivity index (χ3n) is 3.36. The largest absolute Gasteiger partial charge is 0.367 e. The molecule has 1 unspecified atom stereocenters. The summed E-state index contributed by atoms with van der Waals surface area (Å²) < 4.78 is 0. The molecular weight excluding hydrogens is 220 g/mol. The van der Waals surface area contributed by atoms with Gasteiger partial charge in [0.05, 0.1) is 6.07 Å². The smallest absolute Gasteiger partial charge is 0.0628 e. The summed E-state index contributed by atoms with van der Waals surface area (Å²) in [6, 6.07) is 12.9. The summed E-state index contributed by atoms with van der Waals surface area (Å²) in [5, 5.41) is 8.95. The fourth-order valence-electron chi connectivity index (χ4n) is 2.29. The molecule has 1 aromatic heterocycles. The first-order chi connectivity index (χ1) is 8.72. The SMILES string of the molecule is CC(C)C(CC#N)c1cccc(-c2cc[nH]c2)c1. The Morgan fingerprint density at radius 1 is 1.22 bits per heavy atom. The lowest BCUT2D eigenvalue weighted by atomic mass is 9.85. The summed E-state index contributed by atoms with van der Waals surface area (Å²) in [6.45, 7) is 4.34. The quantitative estimate of drug-likeness (QED) is 0.845. The van der Waals surface area contributed by atoms with E-state index in [1.54, 1.807) is 0 Å². The first-order valence-electron chi connectivity index (χ1n) is 6.32. The standard InChI is InChI=1S/C16H18N2/c1-12(2)16(6-8-17)14-5-3-4-13(10-14)15-7-9-18-11-15/h3-5,7,9-12,16,18H,6H2,1-2H3. The fraction of sp³-hybridized carbons (Fsp3) is 0.312. The maximum absolute atomic E-state index is 8.95. The number of hydrogen-bond donors (Lipinski definition) is 1. The molecule has 2 aromatic rings. The molecule has 0 saturated heterocycles. The third kappa shape index (κ3) is 2.62. The van der Waals surface area contributed by atoms with Gasteiger partial charge in [0.1, 0.15) is 0 Å². The molecule has 0 aliphatic carbocycles. The molecule has 1 N–H and O–H groups in total. The van der Waals surface area contributed by atoms with Crippen LogP contribution in [0.15, 0.2) is 42.7 Å². The molecule has 1 atom stereocenters. The van der Waals surface area contributed by atoms with Crippen molar-refractivity contribution in [2.24, 2.45) is 5.92 Å². The van der Waals surface area contributed by atoms with Crippen LogP contribution in [0.1, 0.15) is 31.7 Å². The van der Waals surface area contributed by atoms with Crippen molar-refractivity contribution < 1.29 is 0 Å².